The van der Waals surface area contributed by atoms with Gasteiger partial charge in [0.1, 0.15) is 13.2 Å². The van der Waals surface area contributed by atoms with Gasteiger partial charge in [0, 0.05) is 19.3 Å². The van der Waals surface area contributed by atoms with Crippen LogP contribution >= 0.6 is 0 Å². The molecule has 1 unspecified atom stereocenters. The van der Waals surface area contributed by atoms with Crippen LogP contribution in [0.25, 0.3) is 0 Å². The van der Waals surface area contributed by atoms with Crippen molar-refractivity contribution in [3.63, 3.8) is 0 Å². The molecule has 0 aromatic carbocycles. The summed E-state index contributed by atoms with van der Waals surface area (Å²) in [5.41, 5.74) is 0. The fraction of sp³-hybridized carbons (Fsp3) is 0.764. The van der Waals surface area contributed by atoms with Gasteiger partial charge < -0.3 is 14.2 Å². The number of esters is 3. The summed E-state index contributed by atoms with van der Waals surface area (Å²) in [6.07, 6.45) is 87.3. The zero-order valence-electron chi connectivity index (χ0n) is 51.7. The van der Waals surface area contributed by atoms with Gasteiger partial charge in [-0.3, -0.25) is 14.4 Å². The largest absolute Gasteiger partial charge is 0.462 e. The van der Waals surface area contributed by atoms with E-state index in [1.54, 1.807) is 0 Å². The lowest BCUT2D eigenvalue weighted by molar-refractivity contribution is -0.167. The molecule has 0 aromatic rings. The molecule has 0 radical (unpaired) electrons. The Balaban J connectivity index is 4.40. The van der Waals surface area contributed by atoms with Crippen molar-refractivity contribution in [2.75, 3.05) is 13.2 Å². The van der Waals surface area contributed by atoms with Crippen LogP contribution < -0.4 is 0 Å². The van der Waals surface area contributed by atoms with Crippen molar-refractivity contribution in [1.29, 1.82) is 0 Å². The summed E-state index contributed by atoms with van der Waals surface area (Å²) in [5.74, 6) is -0.902. The van der Waals surface area contributed by atoms with Gasteiger partial charge in [-0.05, 0) is 96.3 Å². The Labute approximate surface area is 484 Å². The highest BCUT2D eigenvalue weighted by Gasteiger charge is 2.19. The Morgan fingerprint density at radius 1 is 0.269 bits per heavy atom. The SMILES string of the molecule is CC/C=C\C/C=C\C/C=C\C/C=C\C/C=C\C/C=C\CCCCCCC(=O)OCC(COC(=O)CCCCCCC/C=C\CCCCCCCCC)OC(=O)CCCCCCCCCCCCCCCCCCCCCCC. The van der Waals surface area contributed by atoms with Gasteiger partial charge in [-0.15, -0.1) is 0 Å². The first-order valence-corrected chi connectivity index (χ1v) is 33.6. The van der Waals surface area contributed by atoms with Gasteiger partial charge in [0.15, 0.2) is 6.10 Å². The second-order valence-electron chi connectivity index (χ2n) is 22.4. The molecule has 0 aliphatic carbocycles. The zero-order chi connectivity index (χ0) is 56.4. The van der Waals surface area contributed by atoms with Gasteiger partial charge in [0.2, 0.25) is 0 Å². The Morgan fingerprint density at radius 2 is 0.500 bits per heavy atom. The van der Waals surface area contributed by atoms with E-state index in [0.29, 0.717) is 19.3 Å². The zero-order valence-corrected chi connectivity index (χ0v) is 51.7. The number of unbranched alkanes of at least 4 members (excludes halogenated alkanes) is 36. The average molecular weight is 1090 g/mol. The van der Waals surface area contributed by atoms with Crippen LogP contribution in [0.1, 0.15) is 335 Å². The topological polar surface area (TPSA) is 78.9 Å². The van der Waals surface area contributed by atoms with Gasteiger partial charge in [0.05, 0.1) is 0 Å². The minimum absolute atomic E-state index is 0.0864. The molecule has 0 fully saturated rings. The Hall–Kier alpha value is -3.41. The van der Waals surface area contributed by atoms with Crippen LogP contribution in [0.3, 0.4) is 0 Å². The molecule has 0 N–H and O–H groups in total. The Bertz CT molecular complexity index is 1480. The first-order chi connectivity index (χ1) is 38.5. The Kier molecular flexibility index (Phi) is 63.2. The second-order valence-corrected chi connectivity index (χ2v) is 22.4. The maximum Gasteiger partial charge on any atom is 0.306 e. The molecule has 0 bridgehead atoms. The van der Waals surface area contributed by atoms with E-state index in [1.807, 2.05) is 0 Å². The van der Waals surface area contributed by atoms with Gasteiger partial charge in [0.25, 0.3) is 0 Å². The van der Waals surface area contributed by atoms with Crippen molar-refractivity contribution in [1.82, 2.24) is 0 Å². The molecule has 0 saturated carbocycles. The molecule has 0 aliphatic heterocycles. The number of rotatable bonds is 61. The second kappa shape index (κ2) is 66.1. The number of carbonyl (C=O) groups is 3. The predicted octanol–water partition coefficient (Wildman–Crippen LogP) is 23.1. The molecule has 0 aliphatic rings. The van der Waals surface area contributed by atoms with E-state index in [-0.39, 0.29) is 31.1 Å². The maximum atomic E-state index is 12.9. The lowest BCUT2D eigenvalue weighted by Crippen LogP contribution is -2.30. The number of hydrogen-bond acceptors (Lipinski definition) is 6. The standard InChI is InChI=1S/C72H126O6/c1-4-7-10-13-16-19-22-25-28-31-33-35-36-38-39-41-44-47-50-53-56-59-62-65-71(74)77-68-69(67-76-70(73)64-61-58-55-52-49-46-43-30-27-24-21-18-15-12-9-6-3)78-72(75)66-63-60-57-54-51-48-45-42-40-37-34-32-29-26-23-20-17-14-11-8-5-2/h7,10,16,19,25,28,30,33,35,38-39,43-44,47,69H,4-6,8-9,11-15,17-18,20-24,26-27,29,31-32,34,36-37,40-42,45-46,48-68H2,1-3H3/b10-7-,19-16-,28-25-,35-33-,39-38-,43-30-,47-44-. The van der Waals surface area contributed by atoms with E-state index in [0.717, 1.165) is 116 Å². The molecule has 0 saturated heterocycles. The third kappa shape index (κ3) is 63.4. The molecule has 0 heterocycles. The third-order valence-corrected chi connectivity index (χ3v) is 14.6. The summed E-state index contributed by atoms with van der Waals surface area (Å²) in [5, 5.41) is 0. The van der Waals surface area contributed by atoms with Gasteiger partial charge in [-0.2, -0.15) is 0 Å². The smallest absolute Gasteiger partial charge is 0.306 e. The normalized spacial score (nSPS) is 12.6. The van der Waals surface area contributed by atoms with E-state index in [4.69, 9.17) is 14.2 Å². The van der Waals surface area contributed by atoms with E-state index >= 15 is 0 Å². The predicted molar refractivity (Wildman–Crippen MR) is 339 cm³/mol. The summed E-state index contributed by atoms with van der Waals surface area (Å²) < 4.78 is 16.9. The minimum atomic E-state index is -0.791. The monoisotopic (exact) mass is 1090 g/mol. The third-order valence-electron chi connectivity index (χ3n) is 14.6. The summed E-state index contributed by atoms with van der Waals surface area (Å²) >= 11 is 0. The van der Waals surface area contributed by atoms with Crippen LogP contribution in [0.4, 0.5) is 0 Å². The highest BCUT2D eigenvalue weighted by molar-refractivity contribution is 5.71. The molecule has 0 rings (SSSR count). The van der Waals surface area contributed by atoms with Crippen molar-refractivity contribution in [2.45, 2.75) is 341 Å². The van der Waals surface area contributed by atoms with Crippen molar-refractivity contribution in [2.24, 2.45) is 0 Å². The highest BCUT2D eigenvalue weighted by atomic mass is 16.6. The molecular formula is C72H126O6. The highest BCUT2D eigenvalue weighted by Crippen LogP contribution is 2.17. The van der Waals surface area contributed by atoms with E-state index in [1.165, 1.54) is 180 Å². The van der Waals surface area contributed by atoms with Gasteiger partial charge in [-0.1, -0.05) is 305 Å². The molecule has 1 atom stereocenters. The molecule has 0 spiro atoms. The molecule has 0 aromatic heterocycles. The molecular weight excluding hydrogens is 961 g/mol. The number of ether oxygens (including phenoxy) is 3. The quantitative estimate of drug-likeness (QED) is 0.0261. The fourth-order valence-electron chi connectivity index (χ4n) is 9.62. The summed E-state index contributed by atoms with van der Waals surface area (Å²) in [7, 11) is 0. The van der Waals surface area contributed by atoms with Crippen LogP contribution in [-0.4, -0.2) is 37.2 Å². The lowest BCUT2D eigenvalue weighted by Gasteiger charge is -2.18. The number of hydrogen-bond donors (Lipinski definition) is 0. The van der Waals surface area contributed by atoms with Crippen LogP contribution in [0.15, 0.2) is 85.1 Å². The number of carbonyl (C=O) groups excluding carboxylic acids is 3. The van der Waals surface area contributed by atoms with Crippen molar-refractivity contribution >= 4 is 17.9 Å². The van der Waals surface area contributed by atoms with Crippen LogP contribution in [-0.2, 0) is 28.6 Å². The lowest BCUT2D eigenvalue weighted by atomic mass is 10.0. The van der Waals surface area contributed by atoms with Crippen molar-refractivity contribution in [3.8, 4) is 0 Å². The molecule has 6 heteroatoms. The summed E-state index contributed by atoms with van der Waals surface area (Å²) in [6, 6.07) is 0. The molecule has 6 nitrogen and oxygen atoms in total. The summed E-state index contributed by atoms with van der Waals surface area (Å²) in [6.45, 7) is 6.54. The minimum Gasteiger partial charge on any atom is -0.462 e. The van der Waals surface area contributed by atoms with Crippen LogP contribution in [0.5, 0.6) is 0 Å². The van der Waals surface area contributed by atoms with Gasteiger partial charge >= 0.3 is 17.9 Å². The first-order valence-electron chi connectivity index (χ1n) is 33.6. The van der Waals surface area contributed by atoms with Crippen molar-refractivity contribution < 1.29 is 28.6 Å². The van der Waals surface area contributed by atoms with Gasteiger partial charge in [-0.25, -0.2) is 0 Å². The van der Waals surface area contributed by atoms with E-state index in [9.17, 15) is 14.4 Å². The van der Waals surface area contributed by atoms with Crippen LogP contribution in [0, 0.1) is 0 Å². The molecule has 78 heavy (non-hydrogen) atoms. The van der Waals surface area contributed by atoms with Crippen LogP contribution in [0.2, 0.25) is 0 Å². The number of allylic oxidation sites excluding steroid dienone is 14. The van der Waals surface area contributed by atoms with E-state index < -0.39 is 6.10 Å². The van der Waals surface area contributed by atoms with Crippen molar-refractivity contribution in [3.05, 3.63) is 85.1 Å². The first kappa shape index (κ1) is 74.6. The Morgan fingerprint density at radius 3 is 0.795 bits per heavy atom. The molecule has 0 amide bonds. The summed E-state index contributed by atoms with van der Waals surface area (Å²) in [4.78, 5) is 38.4. The maximum absolute atomic E-state index is 12.9. The fourth-order valence-corrected chi connectivity index (χ4v) is 9.62. The van der Waals surface area contributed by atoms with E-state index in [2.05, 4.69) is 106 Å². The average Bonchev–Trinajstić information content (AvgIpc) is 3.44. The molecule has 450 valence electrons.